The van der Waals surface area contributed by atoms with E-state index in [0.717, 1.165) is 12.8 Å². The van der Waals surface area contributed by atoms with Gasteiger partial charge in [-0.1, -0.05) is 41.9 Å². The maximum absolute atomic E-state index is 11.8. The van der Waals surface area contributed by atoms with Crippen molar-refractivity contribution >= 4 is 46.5 Å². The summed E-state index contributed by atoms with van der Waals surface area (Å²) in [5.41, 5.74) is 1.91. The fourth-order valence-corrected chi connectivity index (χ4v) is 2.64. The van der Waals surface area contributed by atoms with Crippen LogP contribution in [0.4, 0.5) is 5.69 Å². The van der Waals surface area contributed by atoms with Crippen molar-refractivity contribution in [1.29, 1.82) is 0 Å². The number of amides is 1. The molecular weight excluding hydrogens is 384 g/mol. The Hall–Kier alpha value is -2.44. The highest BCUT2D eigenvalue weighted by Crippen LogP contribution is 2.13. The first-order valence-corrected chi connectivity index (χ1v) is 9.37. The number of anilines is 1. The van der Waals surface area contributed by atoms with Crippen LogP contribution >= 0.6 is 23.8 Å². The number of nitrogens with one attached hydrogen (secondary N) is 2. The van der Waals surface area contributed by atoms with E-state index in [9.17, 15) is 9.59 Å². The van der Waals surface area contributed by atoms with Gasteiger partial charge in [0, 0.05) is 17.1 Å². The molecule has 0 saturated heterocycles. The number of thiocarbonyl (C=S) groups is 1. The number of carbonyl (C=O) groups is 2. The van der Waals surface area contributed by atoms with Gasteiger partial charge in [0.05, 0.1) is 13.0 Å². The molecule has 5 nitrogen and oxygen atoms in total. The Bertz CT molecular complexity index is 767. The second-order valence-electron chi connectivity index (χ2n) is 5.82. The molecule has 7 heteroatoms. The zero-order chi connectivity index (χ0) is 19.5. The van der Waals surface area contributed by atoms with Gasteiger partial charge in [-0.2, -0.15) is 0 Å². The lowest BCUT2D eigenvalue weighted by atomic mass is 10.1. The summed E-state index contributed by atoms with van der Waals surface area (Å²) in [6, 6.07) is 16.9. The van der Waals surface area contributed by atoms with Crippen LogP contribution in [-0.2, 0) is 20.7 Å². The average molecular weight is 405 g/mol. The zero-order valence-corrected chi connectivity index (χ0v) is 16.3. The molecule has 142 valence electrons. The third-order valence-corrected chi connectivity index (χ3v) is 4.08. The van der Waals surface area contributed by atoms with E-state index in [-0.39, 0.29) is 23.9 Å². The van der Waals surface area contributed by atoms with E-state index in [0.29, 0.717) is 17.3 Å². The molecule has 0 aliphatic rings. The lowest BCUT2D eigenvalue weighted by Crippen LogP contribution is -2.34. The number of hydrogen-bond donors (Lipinski definition) is 2. The molecule has 0 bridgehead atoms. The number of hydrogen-bond acceptors (Lipinski definition) is 4. The monoisotopic (exact) mass is 404 g/mol. The molecule has 1 amide bonds. The number of ether oxygens (including phenoxy) is 1. The minimum atomic E-state index is -0.394. The lowest BCUT2D eigenvalue weighted by Gasteiger charge is -2.09. The standard InChI is InChI=1S/C20H21ClN2O3S/c21-16-8-10-17(11-9-16)22-20(27)23-18(24)12-13-19(25)26-14-4-7-15-5-2-1-3-6-15/h1-3,5-6,8-11H,4,7,12-14H2,(H2,22,23,24,27). The third-order valence-electron chi connectivity index (χ3n) is 3.63. The molecule has 0 heterocycles. The Morgan fingerprint density at radius 3 is 2.41 bits per heavy atom. The number of benzene rings is 2. The molecule has 0 aromatic heterocycles. The van der Waals surface area contributed by atoms with Crippen LogP contribution < -0.4 is 10.6 Å². The molecule has 0 saturated carbocycles. The number of halogens is 1. The molecule has 2 rings (SSSR count). The van der Waals surface area contributed by atoms with Crippen molar-refractivity contribution < 1.29 is 14.3 Å². The van der Waals surface area contributed by atoms with Crippen molar-refractivity contribution in [1.82, 2.24) is 5.32 Å². The van der Waals surface area contributed by atoms with Gasteiger partial charge < -0.3 is 15.4 Å². The summed E-state index contributed by atoms with van der Waals surface area (Å²) in [6.45, 7) is 0.339. The van der Waals surface area contributed by atoms with Crippen LogP contribution in [0.3, 0.4) is 0 Å². The van der Waals surface area contributed by atoms with E-state index >= 15 is 0 Å². The smallest absolute Gasteiger partial charge is 0.306 e. The second kappa shape index (κ2) is 11.3. The molecule has 0 fully saturated rings. The summed E-state index contributed by atoms with van der Waals surface area (Å²) in [7, 11) is 0. The van der Waals surface area contributed by atoms with Gasteiger partial charge in [0.15, 0.2) is 5.11 Å². The highest BCUT2D eigenvalue weighted by Gasteiger charge is 2.09. The van der Waals surface area contributed by atoms with Gasteiger partial charge >= 0.3 is 5.97 Å². The Balaban J connectivity index is 1.58. The second-order valence-corrected chi connectivity index (χ2v) is 6.66. The Kier molecular flexibility index (Phi) is 8.74. The van der Waals surface area contributed by atoms with Crippen LogP contribution in [0.15, 0.2) is 54.6 Å². The van der Waals surface area contributed by atoms with Crippen molar-refractivity contribution in [2.24, 2.45) is 0 Å². The molecule has 2 aromatic carbocycles. The molecule has 0 radical (unpaired) electrons. The minimum Gasteiger partial charge on any atom is -0.466 e. The van der Waals surface area contributed by atoms with Crippen LogP contribution in [0.2, 0.25) is 5.02 Å². The molecule has 0 atom stereocenters. The van der Waals surface area contributed by atoms with Gasteiger partial charge in [0.25, 0.3) is 0 Å². The van der Waals surface area contributed by atoms with Gasteiger partial charge in [-0.05, 0) is 54.9 Å². The quantitative estimate of drug-likeness (QED) is 0.393. The molecule has 0 spiro atoms. The largest absolute Gasteiger partial charge is 0.466 e. The summed E-state index contributed by atoms with van der Waals surface area (Å²) in [6.07, 6.45) is 1.62. The summed E-state index contributed by atoms with van der Waals surface area (Å²) in [5, 5.41) is 6.17. The maximum Gasteiger partial charge on any atom is 0.306 e. The van der Waals surface area contributed by atoms with Crippen molar-refractivity contribution in [3.8, 4) is 0 Å². The fourth-order valence-electron chi connectivity index (χ4n) is 2.28. The van der Waals surface area contributed by atoms with Crippen LogP contribution in [-0.4, -0.2) is 23.6 Å². The van der Waals surface area contributed by atoms with Gasteiger partial charge in [0.1, 0.15) is 0 Å². The van der Waals surface area contributed by atoms with Gasteiger partial charge in [-0.3, -0.25) is 9.59 Å². The van der Waals surface area contributed by atoms with Gasteiger partial charge in [0.2, 0.25) is 5.91 Å². The van der Waals surface area contributed by atoms with E-state index in [1.165, 1.54) is 5.56 Å². The van der Waals surface area contributed by atoms with Crippen molar-refractivity contribution in [2.45, 2.75) is 25.7 Å². The molecule has 2 aromatic rings. The topological polar surface area (TPSA) is 67.4 Å². The fraction of sp³-hybridized carbons (Fsp3) is 0.250. The number of rotatable bonds is 8. The third kappa shape index (κ3) is 8.66. The number of esters is 1. The first-order valence-electron chi connectivity index (χ1n) is 8.59. The molecular formula is C20H21ClN2O3S. The van der Waals surface area contributed by atoms with E-state index < -0.39 is 5.97 Å². The van der Waals surface area contributed by atoms with E-state index in [2.05, 4.69) is 10.6 Å². The van der Waals surface area contributed by atoms with Crippen LogP contribution in [0.25, 0.3) is 0 Å². The summed E-state index contributed by atoms with van der Waals surface area (Å²) in [5.74, 6) is -0.738. The van der Waals surface area contributed by atoms with Crippen LogP contribution in [0.1, 0.15) is 24.8 Å². The number of carbonyl (C=O) groups excluding carboxylic acids is 2. The van der Waals surface area contributed by atoms with E-state index in [1.807, 2.05) is 30.3 Å². The predicted molar refractivity (Wildman–Crippen MR) is 111 cm³/mol. The van der Waals surface area contributed by atoms with E-state index in [1.54, 1.807) is 24.3 Å². The van der Waals surface area contributed by atoms with Gasteiger partial charge in [-0.25, -0.2) is 0 Å². The van der Waals surface area contributed by atoms with Crippen LogP contribution in [0.5, 0.6) is 0 Å². The van der Waals surface area contributed by atoms with Crippen molar-refractivity contribution in [2.75, 3.05) is 11.9 Å². The highest BCUT2D eigenvalue weighted by atomic mass is 35.5. The van der Waals surface area contributed by atoms with Gasteiger partial charge in [-0.15, -0.1) is 0 Å². The summed E-state index contributed by atoms with van der Waals surface area (Å²) >= 11 is 10.9. The Morgan fingerprint density at radius 1 is 1.00 bits per heavy atom. The van der Waals surface area contributed by atoms with Crippen molar-refractivity contribution in [3.05, 3.63) is 65.2 Å². The Morgan fingerprint density at radius 2 is 1.70 bits per heavy atom. The lowest BCUT2D eigenvalue weighted by molar-refractivity contribution is -0.145. The van der Waals surface area contributed by atoms with Crippen molar-refractivity contribution in [3.63, 3.8) is 0 Å². The average Bonchev–Trinajstić information content (AvgIpc) is 2.66. The molecule has 0 aliphatic carbocycles. The first-order chi connectivity index (χ1) is 13.0. The molecule has 2 N–H and O–H groups in total. The zero-order valence-electron chi connectivity index (χ0n) is 14.7. The molecule has 0 aliphatic heterocycles. The first kappa shape index (κ1) is 20.9. The molecule has 0 unspecified atom stereocenters. The summed E-state index contributed by atoms with van der Waals surface area (Å²) in [4.78, 5) is 23.6. The maximum atomic E-state index is 11.8. The van der Waals surface area contributed by atoms with Crippen LogP contribution in [0, 0.1) is 0 Å². The number of aryl methyl sites for hydroxylation is 1. The molecule has 27 heavy (non-hydrogen) atoms. The summed E-state index contributed by atoms with van der Waals surface area (Å²) < 4.78 is 5.15. The SMILES string of the molecule is O=C(CCC(=O)OCCCc1ccccc1)NC(=S)Nc1ccc(Cl)cc1. The highest BCUT2D eigenvalue weighted by molar-refractivity contribution is 7.80. The minimum absolute atomic E-state index is 0.0138. The normalized spacial score (nSPS) is 10.1. The Labute approximate surface area is 169 Å². The van der Waals surface area contributed by atoms with E-state index in [4.69, 9.17) is 28.6 Å². The predicted octanol–water partition coefficient (Wildman–Crippen LogP) is 4.11.